The Bertz CT molecular complexity index is 245. The highest BCUT2D eigenvalue weighted by Crippen LogP contribution is 2.27. The molecule has 0 aliphatic heterocycles. The van der Waals surface area contributed by atoms with Crippen molar-refractivity contribution in [3.8, 4) is 0 Å². The number of rotatable bonds is 4. The van der Waals surface area contributed by atoms with Crippen molar-refractivity contribution >= 4 is 10.8 Å². The van der Waals surface area contributed by atoms with Crippen LogP contribution in [0.3, 0.4) is 0 Å². The van der Waals surface area contributed by atoms with Gasteiger partial charge in [-0.2, -0.15) is 0 Å². The molecule has 2 rings (SSSR count). The van der Waals surface area contributed by atoms with E-state index in [1.165, 1.54) is 64.2 Å². The molecule has 2 fully saturated rings. The Kier molecular flexibility index (Phi) is 5.49. The van der Waals surface area contributed by atoms with Crippen LogP contribution in [0.15, 0.2) is 0 Å². The molecule has 0 heterocycles. The van der Waals surface area contributed by atoms with Crippen LogP contribution in [0.25, 0.3) is 0 Å². The number of nitrogens with two attached hydrogens (primary N) is 1. The van der Waals surface area contributed by atoms with Gasteiger partial charge in [-0.25, -0.2) is 0 Å². The Morgan fingerprint density at radius 3 is 2.06 bits per heavy atom. The second-order valence-corrected chi connectivity index (χ2v) is 7.63. The molecule has 0 spiro atoms. The van der Waals surface area contributed by atoms with Gasteiger partial charge >= 0.3 is 0 Å². The lowest BCUT2D eigenvalue weighted by Crippen LogP contribution is -2.38. The third-order valence-electron chi connectivity index (χ3n) is 4.54. The fourth-order valence-corrected chi connectivity index (χ4v) is 5.13. The van der Waals surface area contributed by atoms with Crippen molar-refractivity contribution in [2.45, 2.75) is 75.5 Å². The third kappa shape index (κ3) is 4.06. The minimum absolute atomic E-state index is 0.193. The molecular weight excluding hydrogens is 230 g/mol. The van der Waals surface area contributed by atoms with Crippen molar-refractivity contribution in [2.24, 2.45) is 11.7 Å². The molecule has 3 heteroatoms. The van der Waals surface area contributed by atoms with Crippen molar-refractivity contribution < 1.29 is 4.21 Å². The first-order valence-corrected chi connectivity index (χ1v) is 8.78. The van der Waals surface area contributed by atoms with E-state index in [-0.39, 0.29) is 6.04 Å². The Hall–Kier alpha value is 0.110. The maximum absolute atomic E-state index is 12.3. The molecule has 17 heavy (non-hydrogen) atoms. The molecule has 0 amide bonds. The molecule has 100 valence electrons. The highest BCUT2D eigenvalue weighted by Gasteiger charge is 2.26. The molecule has 0 saturated heterocycles. The largest absolute Gasteiger partial charge is 0.327 e. The molecule has 0 aromatic rings. The van der Waals surface area contributed by atoms with Gasteiger partial charge < -0.3 is 5.73 Å². The van der Waals surface area contributed by atoms with Crippen LogP contribution in [-0.4, -0.2) is 21.3 Å². The van der Waals surface area contributed by atoms with Gasteiger partial charge in [-0.05, 0) is 31.6 Å². The van der Waals surface area contributed by atoms with Gasteiger partial charge in [0, 0.05) is 27.8 Å². The smallest absolute Gasteiger partial charge is 0.0392 e. The molecule has 0 aromatic carbocycles. The topological polar surface area (TPSA) is 43.1 Å². The van der Waals surface area contributed by atoms with Crippen LogP contribution in [0.2, 0.25) is 0 Å². The molecule has 0 bridgehead atoms. The summed E-state index contributed by atoms with van der Waals surface area (Å²) >= 11 is 0. The van der Waals surface area contributed by atoms with Crippen LogP contribution in [0.1, 0.15) is 64.2 Å². The first-order chi connectivity index (χ1) is 8.27. The van der Waals surface area contributed by atoms with Gasteiger partial charge in [0.15, 0.2) is 0 Å². The molecule has 2 aliphatic rings. The summed E-state index contributed by atoms with van der Waals surface area (Å²) in [7, 11) is -0.663. The lowest BCUT2D eigenvalue weighted by Gasteiger charge is -2.29. The van der Waals surface area contributed by atoms with Crippen molar-refractivity contribution in [3.05, 3.63) is 0 Å². The highest BCUT2D eigenvalue weighted by molar-refractivity contribution is 7.85. The normalized spacial score (nSPS) is 27.8. The minimum atomic E-state index is -0.663. The zero-order valence-electron chi connectivity index (χ0n) is 10.9. The van der Waals surface area contributed by atoms with E-state index >= 15 is 0 Å². The Morgan fingerprint density at radius 2 is 1.47 bits per heavy atom. The highest BCUT2D eigenvalue weighted by atomic mass is 32.2. The van der Waals surface area contributed by atoms with Crippen LogP contribution >= 0.6 is 0 Å². The van der Waals surface area contributed by atoms with Gasteiger partial charge in [-0.15, -0.1) is 0 Å². The summed E-state index contributed by atoms with van der Waals surface area (Å²) in [6.07, 6.45) is 12.8. The van der Waals surface area contributed by atoms with E-state index in [0.717, 1.165) is 5.75 Å². The Balaban J connectivity index is 1.76. The van der Waals surface area contributed by atoms with E-state index in [4.69, 9.17) is 5.73 Å². The Labute approximate surface area is 108 Å². The summed E-state index contributed by atoms with van der Waals surface area (Å²) in [6, 6.07) is 0.193. The summed E-state index contributed by atoms with van der Waals surface area (Å²) in [5.74, 6) is 1.41. The zero-order valence-corrected chi connectivity index (χ0v) is 11.7. The summed E-state index contributed by atoms with van der Waals surface area (Å²) in [6.45, 7) is 0. The molecule has 0 radical (unpaired) electrons. The molecule has 0 aromatic heterocycles. The summed E-state index contributed by atoms with van der Waals surface area (Å²) < 4.78 is 12.3. The number of hydrogen-bond donors (Lipinski definition) is 1. The quantitative estimate of drug-likeness (QED) is 0.841. The predicted octanol–water partition coefficient (Wildman–Crippen LogP) is 2.98. The molecule has 2 unspecified atom stereocenters. The minimum Gasteiger partial charge on any atom is -0.327 e. The van der Waals surface area contributed by atoms with E-state index in [1.54, 1.807) is 0 Å². The van der Waals surface area contributed by atoms with Crippen molar-refractivity contribution in [3.63, 3.8) is 0 Å². The van der Waals surface area contributed by atoms with Crippen LogP contribution in [0.5, 0.6) is 0 Å². The molecule has 2 atom stereocenters. The van der Waals surface area contributed by atoms with E-state index in [2.05, 4.69) is 0 Å². The molecular formula is C14H27NOS. The van der Waals surface area contributed by atoms with Gasteiger partial charge in [0.25, 0.3) is 0 Å². The second kappa shape index (κ2) is 6.89. The summed E-state index contributed by atoms with van der Waals surface area (Å²) in [4.78, 5) is 0. The van der Waals surface area contributed by atoms with Crippen LogP contribution in [0, 0.1) is 5.92 Å². The fraction of sp³-hybridized carbons (Fsp3) is 1.00. The third-order valence-corrected chi connectivity index (χ3v) is 6.46. The van der Waals surface area contributed by atoms with Crippen LogP contribution < -0.4 is 5.73 Å². The van der Waals surface area contributed by atoms with E-state index in [9.17, 15) is 4.21 Å². The van der Waals surface area contributed by atoms with Gasteiger partial charge in [-0.3, -0.25) is 4.21 Å². The molecule has 2 aliphatic carbocycles. The first-order valence-electron chi connectivity index (χ1n) is 7.40. The van der Waals surface area contributed by atoms with E-state index in [0.29, 0.717) is 11.2 Å². The zero-order chi connectivity index (χ0) is 12.1. The average molecular weight is 257 g/mol. The van der Waals surface area contributed by atoms with E-state index < -0.39 is 10.8 Å². The van der Waals surface area contributed by atoms with Crippen molar-refractivity contribution in [2.75, 3.05) is 5.75 Å². The van der Waals surface area contributed by atoms with E-state index in [1.807, 2.05) is 0 Å². The lowest BCUT2D eigenvalue weighted by molar-refractivity contribution is 0.318. The molecule has 2 N–H and O–H groups in total. The summed E-state index contributed by atoms with van der Waals surface area (Å²) in [5.41, 5.74) is 6.26. The Morgan fingerprint density at radius 1 is 0.941 bits per heavy atom. The van der Waals surface area contributed by atoms with Crippen molar-refractivity contribution in [1.29, 1.82) is 0 Å². The SMILES string of the molecule is NC(CS(=O)C1CCCCC1)C1CCCCC1. The van der Waals surface area contributed by atoms with Crippen molar-refractivity contribution in [1.82, 2.24) is 0 Å². The average Bonchev–Trinajstić information content (AvgIpc) is 2.40. The monoisotopic (exact) mass is 257 g/mol. The van der Waals surface area contributed by atoms with Crippen LogP contribution in [0.4, 0.5) is 0 Å². The number of hydrogen-bond acceptors (Lipinski definition) is 2. The standard InChI is InChI=1S/C14H27NOS/c15-14(12-7-3-1-4-8-12)11-17(16)13-9-5-2-6-10-13/h12-14H,1-11,15H2. The van der Waals surface area contributed by atoms with Gasteiger partial charge in [0.1, 0.15) is 0 Å². The molecule has 2 nitrogen and oxygen atoms in total. The fourth-order valence-electron chi connectivity index (χ4n) is 3.35. The van der Waals surface area contributed by atoms with Gasteiger partial charge in [0.2, 0.25) is 0 Å². The first kappa shape index (κ1) is 13.5. The lowest BCUT2D eigenvalue weighted by atomic mass is 9.85. The predicted molar refractivity (Wildman–Crippen MR) is 74.4 cm³/mol. The summed E-state index contributed by atoms with van der Waals surface area (Å²) in [5, 5.41) is 0.457. The molecule has 2 saturated carbocycles. The van der Waals surface area contributed by atoms with Gasteiger partial charge in [-0.1, -0.05) is 38.5 Å². The van der Waals surface area contributed by atoms with Gasteiger partial charge in [0.05, 0.1) is 0 Å². The maximum Gasteiger partial charge on any atom is 0.0392 e. The second-order valence-electron chi connectivity index (χ2n) is 5.87. The maximum atomic E-state index is 12.3. The van der Waals surface area contributed by atoms with Crippen LogP contribution in [-0.2, 0) is 10.8 Å².